The molecule has 8 nitrogen and oxygen atoms in total. The minimum Gasteiger partial charge on any atom is -0.495 e. The van der Waals surface area contributed by atoms with Crippen molar-refractivity contribution in [2.45, 2.75) is 0 Å². The summed E-state index contributed by atoms with van der Waals surface area (Å²) in [7, 11) is 1.34. The first kappa shape index (κ1) is 17.9. The standard InChI is InChI=1S/C16H13FN2O6/c1-24-14-7-6-12(19(22)23)8-13(14)18-15(20)9-25-16(21)10-2-4-11(17)5-3-10/h2-8H,9H2,1H3,(H,18,20). The van der Waals surface area contributed by atoms with E-state index in [0.29, 0.717) is 0 Å². The van der Waals surface area contributed by atoms with Crippen molar-refractivity contribution in [3.63, 3.8) is 0 Å². The maximum atomic E-state index is 12.8. The second kappa shape index (κ2) is 7.86. The maximum Gasteiger partial charge on any atom is 0.338 e. The lowest BCUT2D eigenvalue weighted by atomic mass is 10.2. The van der Waals surface area contributed by atoms with Gasteiger partial charge < -0.3 is 14.8 Å². The fraction of sp³-hybridized carbons (Fsp3) is 0.125. The molecule has 2 rings (SSSR count). The highest BCUT2D eigenvalue weighted by molar-refractivity contribution is 5.96. The minimum absolute atomic E-state index is 0.0690. The van der Waals surface area contributed by atoms with Crippen molar-refractivity contribution in [2.75, 3.05) is 19.0 Å². The van der Waals surface area contributed by atoms with Crippen molar-refractivity contribution in [3.05, 3.63) is 64.0 Å². The first-order chi connectivity index (χ1) is 11.9. The topological polar surface area (TPSA) is 108 Å². The molecule has 2 aromatic rings. The molecule has 2 aromatic carbocycles. The van der Waals surface area contributed by atoms with Crippen LogP contribution >= 0.6 is 0 Å². The zero-order valence-corrected chi connectivity index (χ0v) is 13.0. The number of esters is 1. The molecule has 0 bridgehead atoms. The highest BCUT2D eigenvalue weighted by atomic mass is 19.1. The summed E-state index contributed by atoms with van der Waals surface area (Å²) < 4.78 is 22.6. The van der Waals surface area contributed by atoms with Crippen LogP contribution in [0.3, 0.4) is 0 Å². The Morgan fingerprint density at radius 2 is 1.88 bits per heavy atom. The van der Waals surface area contributed by atoms with Gasteiger partial charge in [0.05, 0.1) is 23.3 Å². The molecule has 25 heavy (non-hydrogen) atoms. The molecule has 0 heterocycles. The summed E-state index contributed by atoms with van der Waals surface area (Å²) >= 11 is 0. The highest BCUT2D eigenvalue weighted by Gasteiger charge is 2.15. The number of hydrogen-bond acceptors (Lipinski definition) is 6. The number of nitrogens with zero attached hydrogens (tertiary/aromatic N) is 1. The van der Waals surface area contributed by atoms with E-state index < -0.39 is 29.2 Å². The van der Waals surface area contributed by atoms with Gasteiger partial charge in [-0.2, -0.15) is 0 Å². The average molecular weight is 348 g/mol. The summed E-state index contributed by atoms with van der Waals surface area (Å²) in [5.74, 6) is -1.81. The monoisotopic (exact) mass is 348 g/mol. The van der Waals surface area contributed by atoms with Crippen molar-refractivity contribution in [1.82, 2.24) is 0 Å². The van der Waals surface area contributed by atoms with Gasteiger partial charge in [0.1, 0.15) is 11.6 Å². The number of benzene rings is 2. The van der Waals surface area contributed by atoms with E-state index in [9.17, 15) is 24.1 Å². The smallest absolute Gasteiger partial charge is 0.338 e. The highest BCUT2D eigenvalue weighted by Crippen LogP contribution is 2.28. The minimum atomic E-state index is -0.804. The summed E-state index contributed by atoms with van der Waals surface area (Å²) in [6.45, 7) is -0.623. The van der Waals surface area contributed by atoms with Crippen LogP contribution in [0.15, 0.2) is 42.5 Å². The summed E-state index contributed by atoms with van der Waals surface area (Å²) in [6.07, 6.45) is 0. The Hall–Kier alpha value is -3.49. The third-order valence-corrected chi connectivity index (χ3v) is 3.08. The third kappa shape index (κ3) is 4.74. The van der Waals surface area contributed by atoms with Gasteiger partial charge in [-0.15, -0.1) is 0 Å². The molecule has 0 aliphatic heterocycles. The molecule has 1 N–H and O–H groups in total. The average Bonchev–Trinajstić information content (AvgIpc) is 2.60. The first-order valence-corrected chi connectivity index (χ1v) is 6.95. The van der Waals surface area contributed by atoms with Crippen LogP contribution in [0.4, 0.5) is 15.8 Å². The van der Waals surface area contributed by atoms with Gasteiger partial charge in [0, 0.05) is 12.1 Å². The first-order valence-electron chi connectivity index (χ1n) is 6.95. The van der Waals surface area contributed by atoms with Crippen LogP contribution in [0.25, 0.3) is 0 Å². The molecular weight excluding hydrogens is 335 g/mol. The van der Waals surface area contributed by atoms with Crippen molar-refractivity contribution in [2.24, 2.45) is 0 Å². The molecule has 0 fully saturated rings. The SMILES string of the molecule is COc1ccc([N+](=O)[O-])cc1NC(=O)COC(=O)c1ccc(F)cc1. The lowest BCUT2D eigenvalue weighted by molar-refractivity contribution is -0.384. The van der Waals surface area contributed by atoms with Crippen molar-refractivity contribution >= 4 is 23.3 Å². The van der Waals surface area contributed by atoms with Gasteiger partial charge in [-0.05, 0) is 30.3 Å². The predicted octanol–water partition coefficient (Wildman–Crippen LogP) is 2.54. The zero-order chi connectivity index (χ0) is 18.4. The number of nitro groups is 1. The molecule has 1 amide bonds. The normalized spacial score (nSPS) is 10.0. The molecule has 0 radical (unpaired) electrons. The number of nitrogens with one attached hydrogen (secondary N) is 1. The summed E-state index contributed by atoms with van der Waals surface area (Å²) in [4.78, 5) is 33.8. The van der Waals surface area contributed by atoms with Crippen LogP contribution in [0.1, 0.15) is 10.4 Å². The second-order valence-corrected chi connectivity index (χ2v) is 4.77. The summed E-state index contributed by atoms with van der Waals surface area (Å²) in [6, 6.07) is 8.30. The molecule has 0 atom stereocenters. The van der Waals surface area contributed by atoms with Crippen LogP contribution in [0, 0.1) is 15.9 Å². The van der Waals surface area contributed by atoms with Crippen molar-refractivity contribution < 1.29 is 28.4 Å². The molecular formula is C16H13FN2O6. The molecule has 0 aliphatic carbocycles. The van der Waals surface area contributed by atoms with Crippen LogP contribution in [-0.2, 0) is 9.53 Å². The van der Waals surface area contributed by atoms with Crippen LogP contribution in [0.2, 0.25) is 0 Å². The van der Waals surface area contributed by atoms with Gasteiger partial charge in [-0.1, -0.05) is 0 Å². The van der Waals surface area contributed by atoms with E-state index in [4.69, 9.17) is 9.47 Å². The van der Waals surface area contributed by atoms with Crippen molar-refractivity contribution in [3.8, 4) is 5.75 Å². The predicted molar refractivity (Wildman–Crippen MR) is 85.0 cm³/mol. The number of rotatable bonds is 6. The number of anilines is 1. The lowest BCUT2D eigenvalue weighted by Crippen LogP contribution is -2.21. The fourth-order valence-electron chi connectivity index (χ4n) is 1.89. The molecule has 130 valence electrons. The number of halogens is 1. The van der Waals surface area contributed by atoms with Gasteiger partial charge >= 0.3 is 5.97 Å². The lowest BCUT2D eigenvalue weighted by Gasteiger charge is -2.10. The van der Waals surface area contributed by atoms with Gasteiger partial charge in [-0.3, -0.25) is 14.9 Å². The molecule has 0 saturated carbocycles. The fourth-order valence-corrected chi connectivity index (χ4v) is 1.89. The summed E-state index contributed by atoms with van der Waals surface area (Å²) in [5.41, 5.74) is -0.0823. The Balaban J connectivity index is 2.00. The zero-order valence-electron chi connectivity index (χ0n) is 13.0. The van der Waals surface area contributed by atoms with E-state index in [2.05, 4.69) is 5.32 Å². The van der Waals surface area contributed by atoms with Gasteiger partial charge in [-0.25, -0.2) is 9.18 Å². The molecule has 0 aliphatic rings. The Bertz CT molecular complexity index is 807. The quantitative estimate of drug-likeness (QED) is 0.488. The number of methoxy groups -OCH3 is 1. The number of carbonyl (C=O) groups excluding carboxylic acids is 2. The molecule has 0 saturated heterocycles. The molecule has 0 unspecified atom stereocenters. The number of carbonyl (C=O) groups is 2. The summed E-state index contributed by atoms with van der Waals surface area (Å²) in [5, 5.41) is 13.2. The number of hydrogen-bond donors (Lipinski definition) is 1. The van der Waals surface area contributed by atoms with Gasteiger partial charge in [0.25, 0.3) is 11.6 Å². The molecule has 0 spiro atoms. The van der Waals surface area contributed by atoms with E-state index in [-0.39, 0.29) is 22.7 Å². The number of non-ortho nitro benzene ring substituents is 1. The Morgan fingerprint density at radius 1 is 1.20 bits per heavy atom. The maximum absolute atomic E-state index is 12.8. The number of amides is 1. The third-order valence-electron chi connectivity index (χ3n) is 3.08. The van der Waals surface area contributed by atoms with Crippen molar-refractivity contribution in [1.29, 1.82) is 0 Å². The van der Waals surface area contributed by atoms with E-state index in [1.165, 1.54) is 31.4 Å². The Morgan fingerprint density at radius 3 is 2.48 bits per heavy atom. The van der Waals surface area contributed by atoms with E-state index in [1.807, 2.05) is 0 Å². The van der Waals surface area contributed by atoms with Crippen LogP contribution in [-0.4, -0.2) is 30.5 Å². The largest absolute Gasteiger partial charge is 0.495 e. The number of ether oxygens (including phenoxy) is 2. The van der Waals surface area contributed by atoms with Gasteiger partial charge in [0.15, 0.2) is 6.61 Å². The van der Waals surface area contributed by atoms with Crippen LogP contribution < -0.4 is 10.1 Å². The Kier molecular flexibility index (Phi) is 5.62. The van der Waals surface area contributed by atoms with E-state index in [1.54, 1.807) is 0 Å². The number of nitro benzene ring substituents is 1. The molecule has 0 aromatic heterocycles. The molecule has 9 heteroatoms. The van der Waals surface area contributed by atoms with Crippen LogP contribution in [0.5, 0.6) is 5.75 Å². The van der Waals surface area contributed by atoms with Gasteiger partial charge in [0.2, 0.25) is 0 Å². The Labute approximate surface area is 141 Å². The van der Waals surface area contributed by atoms with E-state index >= 15 is 0 Å². The van der Waals surface area contributed by atoms with E-state index in [0.717, 1.165) is 18.2 Å². The second-order valence-electron chi connectivity index (χ2n) is 4.77.